The zero-order valence-electron chi connectivity index (χ0n) is 11.0. The Labute approximate surface area is 98.1 Å². The summed E-state index contributed by atoms with van der Waals surface area (Å²) in [5.41, 5.74) is -0.292. The minimum Gasteiger partial charge on any atom is -0.230 e. The third kappa shape index (κ3) is 4.37. The van der Waals surface area contributed by atoms with Gasteiger partial charge in [-0.2, -0.15) is 9.78 Å². The minimum atomic E-state index is -0.292. The van der Waals surface area contributed by atoms with Gasteiger partial charge < -0.3 is 0 Å². The molecule has 1 aliphatic rings. The minimum absolute atomic E-state index is 0.113. The van der Waals surface area contributed by atoms with Crippen LogP contribution in [-0.2, 0) is 19.6 Å². The zero-order chi connectivity index (χ0) is 12.2. The monoisotopic (exact) mass is 232 g/mol. The van der Waals surface area contributed by atoms with E-state index in [1.807, 2.05) is 13.8 Å². The van der Waals surface area contributed by atoms with Crippen LogP contribution in [0.5, 0.6) is 0 Å². The van der Waals surface area contributed by atoms with Gasteiger partial charge in [-0.1, -0.05) is 33.6 Å². The molecule has 4 heteroatoms. The first-order valence-electron chi connectivity index (χ1n) is 6.14. The lowest BCUT2D eigenvalue weighted by atomic mass is 9.95. The normalized spacial score (nSPS) is 19.1. The average Bonchev–Trinajstić information content (AvgIpc) is 3.01. The van der Waals surface area contributed by atoms with Crippen molar-refractivity contribution in [3.8, 4) is 0 Å². The molecule has 1 unspecified atom stereocenters. The van der Waals surface area contributed by atoms with Crippen molar-refractivity contribution in [2.45, 2.75) is 71.9 Å². The van der Waals surface area contributed by atoms with Gasteiger partial charge in [0, 0.05) is 0 Å². The van der Waals surface area contributed by atoms with Crippen LogP contribution < -0.4 is 0 Å². The number of hydrogen-bond donors (Lipinski definition) is 0. The highest BCUT2D eigenvalue weighted by atomic mass is 17.4. The number of rotatable bonds is 8. The molecular formula is C12H24O4. The first kappa shape index (κ1) is 13.9. The summed E-state index contributed by atoms with van der Waals surface area (Å²) in [6, 6.07) is 0. The average molecular weight is 232 g/mol. The molecular weight excluding hydrogens is 208 g/mol. The highest BCUT2D eigenvalue weighted by Gasteiger charge is 2.39. The number of unbranched alkanes of at least 4 members (excludes halogenated alkanes) is 1. The van der Waals surface area contributed by atoms with Crippen LogP contribution in [0.1, 0.15) is 53.9 Å². The molecule has 0 aromatic carbocycles. The van der Waals surface area contributed by atoms with Crippen LogP contribution in [0.15, 0.2) is 0 Å². The van der Waals surface area contributed by atoms with Gasteiger partial charge in [-0.05, 0) is 26.2 Å². The molecule has 0 amide bonds. The summed E-state index contributed by atoms with van der Waals surface area (Å²) in [5, 5.41) is 0. The molecule has 16 heavy (non-hydrogen) atoms. The summed E-state index contributed by atoms with van der Waals surface area (Å²) in [7, 11) is 0. The van der Waals surface area contributed by atoms with Crippen LogP contribution in [0.4, 0.5) is 0 Å². The Hall–Kier alpha value is -0.160. The molecule has 1 atom stereocenters. The Kier molecular flexibility index (Phi) is 5.18. The van der Waals surface area contributed by atoms with Crippen LogP contribution in [0.2, 0.25) is 0 Å². The van der Waals surface area contributed by atoms with Gasteiger partial charge in [0.1, 0.15) is 11.7 Å². The standard InChI is InChI=1S/C12H24O4/c1-6-7-8-10(11-14-15-11)13-16-12(4,5)9(2)3/h9-11H,6-8H2,1-5H3. The van der Waals surface area contributed by atoms with E-state index in [4.69, 9.17) is 19.6 Å². The highest BCUT2D eigenvalue weighted by Crippen LogP contribution is 2.27. The summed E-state index contributed by atoms with van der Waals surface area (Å²) in [6.45, 7) is 10.4. The molecule has 1 aliphatic heterocycles. The number of hydrogen-bond acceptors (Lipinski definition) is 4. The topological polar surface area (TPSA) is 43.5 Å². The third-order valence-corrected chi connectivity index (χ3v) is 3.13. The van der Waals surface area contributed by atoms with Crippen molar-refractivity contribution >= 4 is 0 Å². The molecule has 0 bridgehead atoms. The molecule has 96 valence electrons. The molecule has 0 radical (unpaired) electrons. The molecule has 1 heterocycles. The van der Waals surface area contributed by atoms with Crippen molar-refractivity contribution in [1.29, 1.82) is 0 Å². The van der Waals surface area contributed by atoms with Gasteiger partial charge in [-0.3, -0.25) is 0 Å². The molecule has 0 saturated carbocycles. The maximum atomic E-state index is 5.49. The van der Waals surface area contributed by atoms with E-state index in [0.717, 1.165) is 19.3 Å². The van der Waals surface area contributed by atoms with Crippen molar-refractivity contribution in [2.24, 2.45) is 5.92 Å². The second-order valence-electron chi connectivity index (χ2n) is 5.18. The van der Waals surface area contributed by atoms with Gasteiger partial charge in [0.05, 0.1) is 0 Å². The summed E-state index contributed by atoms with van der Waals surface area (Å²) >= 11 is 0. The van der Waals surface area contributed by atoms with Crippen molar-refractivity contribution < 1.29 is 19.6 Å². The smallest absolute Gasteiger partial charge is 0.230 e. The van der Waals surface area contributed by atoms with Crippen molar-refractivity contribution in [3.63, 3.8) is 0 Å². The lowest BCUT2D eigenvalue weighted by molar-refractivity contribution is -0.389. The summed E-state index contributed by atoms with van der Waals surface area (Å²) < 4.78 is 0. The van der Waals surface area contributed by atoms with Crippen molar-refractivity contribution in [1.82, 2.24) is 0 Å². The molecule has 1 saturated heterocycles. The second-order valence-corrected chi connectivity index (χ2v) is 5.18. The molecule has 0 spiro atoms. The molecule has 1 rings (SSSR count). The van der Waals surface area contributed by atoms with E-state index in [1.165, 1.54) is 0 Å². The van der Waals surface area contributed by atoms with Crippen LogP contribution in [-0.4, -0.2) is 18.0 Å². The zero-order valence-corrected chi connectivity index (χ0v) is 11.0. The maximum Gasteiger partial charge on any atom is 0.253 e. The van der Waals surface area contributed by atoms with Crippen LogP contribution in [0, 0.1) is 5.92 Å². The van der Waals surface area contributed by atoms with Gasteiger partial charge in [-0.15, -0.1) is 0 Å². The van der Waals surface area contributed by atoms with E-state index in [0.29, 0.717) is 5.92 Å². The van der Waals surface area contributed by atoms with E-state index < -0.39 is 0 Å². The van der Waals surface area contributed by atoms with Gasteiger partial charge in [0.2, 0.25) is 0 Å². The van der Waals surface area contributed by atoms with Crippen LogP contribution >= 0.6 is 0 Å². The molecule has 0 aromatic rings. The Morgan fingerprint density at radius 3 is 2.31 bits per heavy atom. The lowest BCUT2D eigenvalue weighted by Crippen LogP contribution is -2.34. The molecule has 0 N–H and O–H groups in total. The van der Waals surface area contributed by atoms with Gasteiger partial charge in [0.15, 0.2) is 0 Å². The third-order valence-electron chi connectivity index (χ3n) is 3.13. The largest absolute Gasteiger partial charge is 0.253 e. The quantitative estimate of drug-likeness (QED) is 0.366. The maximum absolute atomic E-state index is 5.49. The van der Waals surface area contributed by atoms with Crippen LogP contribution in [0.3, 0.4) is 0 Å². The fourth-order valence-corrected chi connectivity index (χ4v) is 1.07. The fourth-order valence-electron chi connectivity index (χ4n) is 1.07. The van der Waals surface area contributed by atoms with Crippen molar-refractivity contribution in [2.75, 3.05) is 0 Å². The Balaban J connectivity index is 2.31. The molecule has 0 aromatic heterocycles. The van der Waals surface area contributed by atoms with Crippen molar-refractivity contribution in [3.05, 3.63) is 0 Å². The molecule has 1 fully saturated rings. The Morgan fingerprint density at radius 1 is 1.25 bits per heavy atom. The van der Waals surface area contributed by atoms with Crippen LogP contribution in [0.25, 0.3) is 0 Å². The SMILES string of the molecule is CCCCC(OOC(C)(C)C(C)C)C1OO1. The van der Waals surface area contributed by atoms with Gasteiger partial charge >= 0.3 is 0 Å². The Morgan fingerprint density at radius 2 is 1.88 bits per heavy atom. The highest BCUT2D eigenvalue weighted by molar-refractivity contribution is 4.71. The van der Waals surface area contributed by atoms with E-state index in [9.17, 15) is 0 Å². The van der Waals surface area contributed by atoms with Gasteiger partial charge in [0.25, 0.3) is 6.29 Å². The molecule has 0 aliphatic carbocycles. The van der Waals surface area contributed by atoms with E-state index in [2.05, 4.69) is 20.8 Å². The lowest BCUT2D eigenvalue weighted by Gasteiger charge is -2.29. The van der Waals surface area contributed by atoms with E-state index >= 15 is 0 Å². The second kappa shape index (κ2) is 5.96. The van der Waals surface area contributed by atoms with E-state index in [-0.39, 0.29) is 18.0 Å². The predicted molar refractivity (Wildman–Crippen MR) is 60.4 cm³/mol. The molecule has 4 nitrogen and oxygen atoms in total. The Bertz CT molecular complexity index is 199. The summed E-state index contributed by atoms with van der Waals surface area (Å²) in [6.07, 6.45) is 2.75. The first-order valence-corrected chi connectivity index (χ1v) is 6.14. The van der Waals surface area contributed by atoms with E-state index in [1.54, 1.807) is 0 Å². The fraction of sp³-hybridized carbons (Fsp3) is 1.00. The summed E-state index contributed by atoms with van der Waals surface area (Å²) in [5.74, 6) is 0.389. The predicted octanol–water partition coefficient (Wildman–Crippen LogP) is 3.22. The van der Waals surface area contributed by atoms with Gasteiger partial charge in [-0.25, -0.2) is 9.78 Å². The summed E-state index contributed by atoms with van der Waals surface area (Å²) in [4.78, 5) is 20.5. The first-order chi connectivity index (χ1) is 7.47.